The van der Waals surface area contributed by atoms with Gasteiger partial charge in [0.05, 0.1) is 5.92 Å². The molecule has 5 heteroatoms. The predicted octanol–water partition coefficient (Wildman–Crippen LogP) is -0.192. The summed E-state index contributed by atoms with van der Waals surface area (Å²) < 4.78 is 0. The van der Waals surface area contributed by atoms with Crippen molar-refractivity contribution in [3.8, 4) is 0 Å². The summed E-state index contributed by atoms with van der Waals surface area (Å²) in [4.78, 5) is 21.7. The Hall–Kier alpha value is -1.10. The molecular weight excluding hydrogens is 184 g/mol. The molecule has 0 spiro atoms. The standard InChI is InChI=1S/C9H18N2O3/c1-6(3-4-10)8(12)11-5-7(2)9(13)14/h6-7H,3-5,10H2,1-2H3,(H,11,12)(H,13,14). The molecule has 0 aromatic heterocycles. The Morgan fingerprint density at radius 1 is 1.36 bits per heavy atom. The molecule has 14 heavy (non-hydrogen) atoms. The van der Waals surface area contributed by atoms with Crippen LogP contribution >= 0.6 is 0 Å². The summed E-state index contributed by atoms with van der Waals surface area (Å²) in [7, 11) is 0. The van der Waals surface area contributed by atoms with Crippen LogP contribution in [0.4, 0.5) is 0 Å². The quantitative estimate of drug-likeness (QED) is 0.556. The number of hydrogen-bond donors (Lipinski definition) is 3. The molecule has 0 aliphatic rings. The first kappa shape index (κ1) is 12.9. The molecule has 0 bridgehead atoms. The smallest absolute Gasteiger partial charge is 0.308 e. The van der Waals surface area contributed by atoms with Gasteiger partial charge in [-0.25, -0.2) is 0 Å². The average Bonchev–Trinajstić information content (AvgIpc) is 2.13. The molecule has 0 heterocycles. The summed E-state index contributed by atoms with van der Waals surface area (Å²) in [6.07, 6.45) is 0.618. The molecule has 0 fully saturated rings. The average molecular weight is 202 g/mol. The lowest BCUT2D eigenvalue weighted by molar-refractivity contribution is -0.141. The van der Waals surface area contributed by atoms with E-state index in [2.05, 4.69) is 5.32 Å². The third-order valence-electron chi connectivity index (χ3n) is 2.05. The summed E-state index contributed by atoms with van der Waals surface area (Å²) in [5.41, 5.74) is 5.30. The van der Waals surface area contributed by atoms with Gasteiger partial charge >= 0.3 is 5.97 Å². The molecule has 0 aliphatic carbocycles. The van der Waals surface area contributed by atoms with Gasteiger partial charge in [0.2, 0.25) is 5.91 Å². The number of amides is 1. The lowest BCUT2D eigenvalue weighted by Gasteiger charge is -2.12. The first-order chi connectivity index (χ1) is 6.49. The minimum atomic E-state index is -0.906. The van der Waals surface area contributed by atoms with Crippen LogP contribution in [-0.2, 0) is 9.59 Å². The lowest BCUT2D eigenvalue weighted by Crippen LogP contribution is -2.35. The van der Waals surface area contributed by atoms with Crippen molar-refractivity contribution >= 4 is 11.9 Å². The molecule has 0 aliphatic heterocycles. The third-order valence-corrected chi connectivity index (χ3v) is 2.05. The van der Waals surface area contributed by atoms with E-state index in [9.17, 15) is 9.59 Å². The highest BCUT2D eigenvalue weighted by Crippen LogP contribution is 2.00. The molecule has 4 N–H and O–H groups in total. The van der Waals surface area contributed by atoms with Crippen LogP contribution in [0.1, 0.15) is 20.3 Å². The highest BCUT2D eigenvalue weighted by atomic mass is 16.4. The van der Waals surface area contributed by atoms with Gasteiger partial charge in [0.25, 0.3) is 0 Å². The lowest BCUT2D eigenvalue weighted by atomic mass is 10.1. The summed E-state index contributed by atoms with van der Waals surface area (Å²) in [5, 5.41) is 11.1. The number of carbonyl (C=O) groups is 2. The molecule has 82 valence electrons. The van der Waals surface area contributed by atoms with Crippen molar-refractivity contribution in [2.75, 3.05) is 13.1 Å². The minimum Gasteiger partial charge on any atom is -0.481 e. The largest absolute Gasteiger partial charge is 0.481 e. The Morgan fingerprint density at radius 2 is 1.93 bits per heavy atom. The van der Waals surface area contributed by atoms with E-state index < -0.39 is 11.9 Å². The predicted molar refractivity (Wildman–Crippen MR) is 52.6 cm³/mol. The number of rotatable bonds is 6. The van der Waals surface area contributed by atoms with E-state index in [1.807, 2.05) is 0 Å². The minimum absolute atomic E-state index is 0.136. The van der Waals surface area contributed by atoms with Gasteiger partial charge in [-0.2, -0.15) is 0 Å². The second-order valence-electron chi connectivity index (χ2n) is 3.46. The Bertz CT molecular complexity index is 206. The number of nitrogens with one attached hydrogen (secondary N) is 1. The van der Waals surface area contributed by atoms with Gasteiger partial charge in [-0.15, -0.1) is 0 Å². The maximum absolute atomic E-state index is 11.3. The fourth-order valence-electron chi connectivity index (χ4n) is 0.896. The number of hydrogen-bond acceptors (Lipinski definition) is 3. The molecule has 5 nitrogen and oxygen atoms in total. The number of aliphatic carboxylic acids is 1. The highest BCUT2D eigenvalue weighted by Gasteiger charge is 2.15. The van der Waals surface area contributed by atoms with E-state index in [0.29, 0.717) is 13.0 Å². The van der Waals surface area contributed by atoms with Gasteiger partial charge in [-0.05, 0) is 13.0 Å². The summed E-state index contributed by atoms with van der Waals surface area (Å²) in [6, 6.07) is 0. The molecular formula is C9H18N2O3. The van der Waals surface area contributed by atoms with Crippen LogP contribution in [0, 0.1) is 11.8 Å². The van der Waals surface area contributed by atoms with Crippen LogP contribution in [0.25, 0.3) is 0 Å². The van der Waals surface area contributed by atoms with Crippen molar-refractivity contribution < 1.29 is 14.7 Å². The second kappa shape index (κ2) is 6.37. The first-order valence-corrected chi connectivity index (χ1v) is 4.69. The van der Waals surface area contributed by atoms with Crippen LogP contribution < -0.4 is 11.1 Å². The van der Waals surface area contributed by atoms with Gasteiger partial charge in [-0.1, -0.05) is 13.8 Å². The van der Waals surface area contributed by atoms with E-state index in [0.717, 1.165) is 0 Å². The van der Waals surface area contributed by atoms with Crippen LogP contribution in [0.15, 0.2) is 0 Å². The van der Waals surface area contributed by atoms with Crippen molar-refractivity contribution in [3.05, 3.63) is 0 Å². The summed E-state index contributed by atoms with van der Waals surface area (Å²) in [5.74, 6) is -1.75. The normalized spacial score (nSPS) is 14.5. The Morgan fingerprint density at radius 3 is 2.36 bits per heavy atom. The van der Waals surface area contributed by atoms with Crippen LogP contribution in [0.5, 0.6) is 0 Å². The van der Waals surface area contributed by atoms with Gasteiger partial charge < -0.3 is 16.2 Å². The zero-order valence-corrected chi connectivity index (χ0v) is 8.62. The fourth-order valence-corrected chi connectivity index (χ4v) is 0.896. The monoisotopic (exact) mass is 202 g/mol. The fraction of sp³-hybridized carbons (Fsp3) is 0.778. The van der Waals surface area contributed by atoms with Crippen molar-refractivity contribution in [2.24, 2.45) is 17.6 Å². The molecule has 0 saturated carbocycles. The molecule has 0 aromatic rings. The topological polar surface area (TPSA) is 92.4 Å². The number of carbonyl (C=O) groups excluding carboxylic acids is 1. The van der Waals surface area contributed by atoms with E-state index in [4.69, 9.17) is 10.8 Å². The number of nitrogens with two attached hydrogens (primary N) is 1. The Labute approximate surface area is 83.7 Å². The van der Waals surface area contributed by atoms with E-state index >= 15 is 0 Å². The van der Waals surface area contributed by atoms with Crippen LogP contribution in [0.3, 0.4) is 0 Å². The second-order valence-corrected chi connectivity index (χ2v) is 3.46. The zero-order chi connectivity index (χ0) is 11.1. The third kappa shape index (κ3) is 4.81. The summed E-state index contributed by atoms with van der Waals surface area (Å²) in [6.45, 7) is 3.95. The zero-order valence-electron chi connectivity index (χ0n) is 8.62. The van der Waals surface area contributed by atoms with Crippen molar-refractivity contribution in [1.82, 2.24) is 5.32 Å². The van der Waals surface area contributed by atoms with Crippen molar-refractivity contribution in [2.45, 2.75) is 20.3 Å². The van der Waals surface area contributed by atoms with Crippen molar-refractivity contribution in [1.29, 1.82) is 0 Å². The molecule has 0 saturated heterocycles. The van der Waals surface area contributed by atoms with E-state index in [1.54, 1.807) is 13.8 Å². The molecule has 0 rings (SSSR count). The van der Waals surface area contributed by atoms with Gasteiger partial charge in [0, 0.05) is 12.5 Å². The first-order valence-electron chi connectivity index (χ1n) is 4.69. The maximum atomic E-state index is 11.3. The van der Waals surface area contributed by atoms with Crippen LogP contribution in [0.2, 0.25) is 0 Å². The van der Waals surface area contributed by atoms with E-state index in [-0.39, 0.29) is 18.4 Å². The highest BCUT2D eigenvalue weighted by molar-refractivity contribution is 5.79. The van der Waals surface area contributed by atoms with Gasteiger partial charge in [0.1, 0.15) is 0 Å². The van der Waals surface area contributed by atoms with Gasteiger partial charge in [0.15, 0.2) is 0 Å². The maximum Gasteiger partial charge on any atom is 0.308 e. The van der Waals surface area contributed by atoms with E-state index in [1.165, 1.54) is 0 Å². The Kier molecular flexibility index (Phi) is 5.87. The summed E-state index contributed by atoms with van der Waals surface area (Å²) >= 11 is 0. The molecule has 2 unspecified atom stereocenters. The molecule has 0 aromatic carbocycles. The number of carboxylic acids is 1. The molecule has 1 amide bonds. The number of carboxylic acid groups (broad SMARTS) is 1. The van der Waals surface area contributed by atoms with Crippen LogP contribution in [-0.4, -0.2) is 30.1 Å². The van der Waals surface area contributed by atoms with Gasteiger partial charge in [-0.3, -0.25) is 9.59 Å². The molecule has 2 atom stereocenters. The SMILES string of the molecule is CC(CNC(=O)C(C)CCN)C(=O)O. The Balaban J connectivity index is 3.78. The molecule has 0 radical (unpaired) electrons. The van der Waals surface area contributed by atoms with Crippen molar-refractivity contribution in [3.63, 3.8) is 0 Å².